The van der Waals surface area contributed by atoms with Crippen molar-refractivity contribution >= 4 is 28.9 Å². The fourth-order valence-corrected chi connectivity index (χ4v) is 2.73. The number of amides is 1. The van der Waals surface area contributed by atoms with Crippen molar-refractivity contribution in [1.29, 1.82) is 0 Å². The van der Waals surface area contributed by atoms with Gasteiger partial charge in [0, 0.05) is 29.3 Å². The van der Waals surface area contributed by atoms with Crippen LogP contribution in [-0.2, 0) is 11.3 Å². The van der Waals surface area contributed by atoms with Crippen LogP contribution in [0.2, 0.25) is 5.02 Å². The van der Waals surface area contributed by atoms with Crippen LogP contribution in [0.1, 0.15) is 5.56 Å². The number of methoxy groups -OCH3 is 2. The average Bonchev–Trinajstić information content (AvgIpc) is 2.61. The molecule has 0 aliphatic rings. The van der Waals surface area contributed by atoms with Crippen molar-refractivity contribution < 1.29 is 19.2 Å². The first kappa shape index (κ1) is 20.5. The Kier molecular flexibility index (Phi) is 6.98. The predicted octanol–water partition coefficient (Wildman–Crippen LogP) is 3.34. The molecular formula is C18H20ClN3O5. The fraction of sp³-hybridized carbons (Fsp3) is 0.278. The number of nitrogens with zero attached hydrogens (tertiary/aromatic N) is 2. The van der Waals surface area contributed by atoms with E-state index >= 15 is 0 Å². The third-order valence-electron chi connectivity index (χ3n) is 3.76. The van der Waals surface area contributed by atoms with Gasteiger partial charge in [-0.2, -0.15) is 0 Å². The molecule has 0 heterocycles. The monoisotopic (exact) mass is 393 g/mol. The van der Waals surface area contributed by atoms with E-state index in [2.05, 4.69) is 5.32 Å². The van der Waals surface area contributed by atoms with Crippen molar-refractivity contribution in [2.75, 3.05) is 33.1 Å². The summed E-state index contributed by atoms with van der Waals surface area (Å²) in [4.78, 5) is 24.5. The summed E-state index contributed by atoms with van der Waals surface area (Å²) in [6, 6.07) is 9.28. The van der Waals surface area contributed by atoms with E-state index in [4.69, 9.17) is 21.1 Å². The highest BCUT2D eigenvalue weighted by Gasteiger charge is 2.15. The molecule has 0 spiro atoms. The number of rotatable bonds is 8. The van der Waals surface area contributed by atoms with Crippen LogP contribution in [0, 0.1) is 10.1 Å². The number of hydrogen-bond acceptors (Lipinski definition) is 6. The summed E-state index contributed by atoms with van der Waals surface area (Å²) in [7, 11) is 4.72. The molecule has 0 bridgehead atoms. The zero-order valence-corrected chi connectivity index (χ0v) is 15.9. The van der Waals surface area contributed by atoms with Crippen LogP contribution in [0.15, 0.2) is 36.4 Å². The molecule has 0 aromatic heterocycles. The predicted molar refractivity (Wildman–Crippen MR) is 103 cm³/mol. The van der Waals surface area contributed by atoms with Gasteiger partial charge >= 0.3 is 0 Å². The van der Waals surface area contributed by atoms with Gasteiger partial charge in [-0.3, -0.25) is 19.8 Å². The van der Waals surface area contributed by atoms with Gasteiger partial charge < -0.3 is 14.8 Å². The molecule has 27 heavy (non-hydrogen) atoms. The van der Waals surface area contributed by atoms with Crippen LogP contribution in [-0.4, -0.2) is 43.5 Å². The number of carbonyl (C=O) groups is 1. The standard InChI is InChI=1S/C18H20ClN3O5/c1-21(10-12-8-14(22(24)25)5-7-16(12)26-2)11-18(23)20-15-9-13(19)4-6-17(15)27-3/h4-9H,10-11H2,1-3H3,(H,20,23). The lowest BCUT2D eigenvalue weighted by Gasteiger charge is -2.18. The summed E-state index contributed by atoms with van der Waals surface area (Å²) >= 11 is 5.96. The molecule has 1 N–H and O–H groups in total. The molecule has 2 rings (SSSR count). The smallest absolute Gasteiger partial charge is 0.270 e. The highest BCUT2D eigenvalue weighted by molar-refractivity contribution is 6.31. The number of benzene rings is 2. The van der Waals surface area contributed by atoms with Gasteiger partial charge in [-0.05, 0) is 31.3 Å². The molecule has 8 nitrogen and oxygen atoms in total. The van der Waals surface area contributed by atoms with E-state index in [0.717, 1.165) is 0 Å². The van der Waals surface area contributed by atoms with Crippen molar-refractivity contribution in [2.24, 2.45) is 0 Å². The third kappa shape index (κ3) is 5.57. The van der Waals surface area contributed by atoms with E-state index in [0.29, 0.717) is 34.3 Å². The quantitative estimate of drug-likeness (QED) is 0.546. The second kappa shape index (κ2) is 9.20. The minimum absolute atomic E-state index is 0.0349. The van der Waals surface area contributed by atoms with Crippen molar-refractivity contribution in [1.82, 2.24) is 4.90 Å². The summed E-state index contributed by atoms with van der Waals surface area (Å²) < 4.78 is 10.4. The van der Waals surface area contributed by atoms with Gasteiger partial charge in [-0.1, -0.05) is 11.6 Å². The molecule has 0 radical (unpaired) electrons. The van der Waals surface area contributed by atoms with E-state index in [1.165, 1.54) is 32.4 Å². The van der Waals surface area contributed by atoms with Gasteiger partial charge in [0.1, 0.15) is 11.5 Å². The molecule has 0 saturated carbocycles. The Labute approximate surface area is 161 Å². The molecule has 0 unspecified atom stereocenters. The largest absolute Gasteiger partial charge is 0.496 e. The van der Waals surface area contributed by atoms with E-state index in [1.54, 1.807) is 30.1 Å². The Morgan fingerprint density at radius 1 is 1.19 bits per heavy atom. The summed E-state index contributed by atoms with van der Waals surface area (Å²) in [5.41, 5.74) is 1.05. The van der Waals surface area contributed by atoms with Gasteiger partial charge in [0.2, 0.25) is 5.91 Å². The third-order valence-corrected chi connectivity index (χ3v) is 4.00. The Hall–Kier alpha value is -2.84. The van der Waals surface area contributed by atoms with Gasteiger partial charge in [0.05, 0.1) is 31.4 Å². The molecule has 2 aromatic carbocycles. The second-order valence-corrected chi connectivity index (χ2v) is 6.25. The number of nitro benzene ring substituents is 1. The average molecular weight is 394 g/mol. The molecule has 0 fully saturated rings. The van der Waals surface area contributed by atoms with Gasteiger partial charge in [0.15, 0.2) is 0 Å². The van der Waals surface area contributed by atoms with Crippen LogP contribution in [0.25, 0.3) is 0 Å². The number of likely N-dealkylation sites (N-methyl/N-ethyl adjacent to an activating group) is 1. The first-order chi connectivity index (χ1) is 12.8. The van der Waals surface area contributed by atoms with Crippen molar-refractivity contribution in [3.63, 3.8) is 0 Å². The maximum atomic E-state index is 12.3. The summed E-state index contributed by atoms with van der Waals surface area (Å²) in [5.74, 6) is 0.739. The summed E-state index contributed by atoms with van der Waals surface area (Å²) in [6.45, 7) is 0.354. The molecule has 0 aliphatic carbocycles. The minimum Gasteiger partial charge on any atom is -0.496 e. The van der Waals surface area contributed by atoms with Crippen LogP contribution in [0.4, 0.5) is 11.4 Å². The van der Waals surface area contributed by atoms with Crippen LogP contribution >= 0.6 is 11.6 Å². The highest BCUT2D eigenvalue weighted by atomic mass is 35.5. The Morgan fingerprint density at radius 3 is 2.48 bits per heavy atom. The van der Waals surface area contributed by atoms with Gasteiger partial charge in [-0.15, -0.1) is 0 Å². The number of non-ortho nitro benzene ring substituents is 1. The van der Waals surface area contributed by atoms with E-state index in [-0.39, 0.29) is 18.1 Å². The normalized spacial score (nSPS) is 10.6. The SMILES string of the molecule is COc1ccc([N+](=O)[O-])cc1CN(C)CC(=O)Nc1cc(Cl)ccc1OC. The van der Waals surface area contributed by atoms with E-state index in [9.17, 15) is 14.9 Å². The molecule has 144 valence electrons. The topological polar surface area (TPSA) is 93.9 Å². The minimum atomic E-state index is -0.471. The number of nitro groups is 1. The number of carbonyl (C=O) groups excluding carboxylic acids is 1. The lowest BCUT2D eigenvalue weighted by Crippen LogP contribution is -2.30. The fourth-order valence-electron chi connectivity index (χ4n) is 2.56. The maximum absolute atomic E-state index is 12.3. The molecule has 2 aromatic rings. The number of ether oxygens (including phenoxy) is 2. The first-order valence-corrected chi connectivity index (χ1v) is 8.35. The number of hydrogen-bond donors (Lipinski definition) is 1. The van der Waals surface area contributed by atoms with Crippen molar-refractivity contribution in [3.8, 4) is 11.5 Å². The zero-order chi connectivity index (χ0) is 20.0. The van der Waals surface area contributed by atoms with E-state index < -0.39 is 4.92 Å². The number of halogens is 1. The summed E-state index contributed by atoms with van der Waals surface area (Å²) in [6.07, 6.45) is 0. The molecule has 0 aliphatic heterocycles. The highest BCUT2D eigenvalue weighted by Crippen LogP contribution is 2.28. The summed E-state index contributed by atoms with van der Waals surface area (Å²) in [5, 5.41) is 14.2. The Bertz CT molecular complexity index is 844. The van der Waals surface area contributed by atoms with Gasteiger partial charge in [0.25, 0.3) is 5.69 Å². The van der Waals surface area contributed by atoms with E-state index in [1.807, 2.05) is 0 Å². The van der Waals surface area contributed by atoms with Gasteiger partial charge in [-0.25, -0.2) is 0 Å². The molecule has 0 saturated heterocycles. The lowest BCUT2D eigenvalue weighted by atomic mass is 10.1. The molecule has 9 heteroatoms. The molecule has 1 amide bonds. The van der Waals surface area contributed by atoms with Crippen LogP contribution < -0.4 is 14.8 Å². The van der Waals surface area contributed by atoms with Crippen molar-refractivity contribution in [2.45, 2.75) is 6.54 Å². The maximum Gasteiger partial charge on any atom is 0.270 e. The molecule has 0 atom stereocenters. The van der Waals surface area contributed by atoms with Crippen LogP contribution in [0.5, 0.6) is 11.5 Å². The number of nitrogens with one attached hydrogen (secondary N) is 1. The second-order valence-electron chi connectivity index (χ2n) is 5.82. The lowest BCUT2D eigenvalue weighted by molar-refractivity contribution is -0.384. The van der Waals surface area contributed by atoms with Crippen molar-refractivity contribution in [3.05, 3.63) is 57.1 Å². The zero-order valence-electron chi connectivity index (χ0n) is 15.2. The van der Waals surface area contributed by atoms with Crippen LogP contribution in [0.3, 0.4) is 0 Å². The number of anilines is 1. The Morgan fingerprint density at radius 2 is 1.85 bits per heavy atom. The Balaban J connectivity index is 2.06. The first-order valence-electron chi connectivity index (χ1n) is 7.97. The molecular weight excluding hydrogens is 374 g/mol.